The Bertz CT molecular complexity index is 956. The summed E-state index contributed by atoms with van der Waals surface area (Å²) in [5, 5.41) is 14.1. The molecule has 1 aliphatic rings. The van der Waals surface area contributed by atoms with Crippen molar-refractivity contribution in [3.63, 3.8) is 0 Å². The maximum Gasteiger partial charge on any atom is 0.406 e. The number of halogens is 3. The van der Waals surface area contributed by atoms with Crippen LogP contribution in [0.1, 0.15) is 5.69 Å². The Morgan fingerprint density at radius 1 is 1.13 bits per heavy atom. The van der Waals surface area contributed by atoms with Crippen LogP contribution in [-0.4, -0.2) is 52.2 Å². The summed E-state index contributed by atoms with van der Waals surface area (Å²) in [6.07, 6.45) is -4.37. The van der Waals surface area contributed by atoms with Crippen LogP contribution in [0.2, 0.25) is 0 Å². The number of nitrogens with one attached hydrogen (secondary N) is 1. The number of alkyl halides is 3. The molecule has 0 atom stereocenters. The Hall–Kier alpha value is -2.31. The van der Waals surface area contributed by atoms with E-state index in [9.17, 15) is 13.2 Å². The van der Waals surface area contributed by atoms with Crippen LogP contribution in [-0.2, 0) is 17.0 Å². The standard InChI is InChI=1S/C18H19F3N6OS2/c19-18(20,21)12-27-16(26-6-8-28-9-7-26)24-25-17(27)30-11-14-10-29-15(23-14)22-13-4-2-1-3-5-13/h1-5,10H,6-9,11-12H2,(H,22,23). The highest BCUT2D eigenvalue weighted by molar-refractivity contribution is 7.98. The van der Waals surface area contributed by atoms with Crippen LogP contribution >= 0.6 is 23.1 Å². The Kier molecular flexibility index (Phi) is 6.44. The van der Waals surface area contributed by atoms with Gasteiger partial charge in [0.25, 0.3) is 0 Å². The Morgan fingerprint density at radius 3 is 2.63 bits per heavy atom. The lowest BCUT2D eigenvalue weighted by atomic mass is 10.3. The van der Waals surface area contributed by atoms with Crippen LogP contribution in [0.4, 0.5) is 29.9 Å². The minimum absolute atomic E-state index is 0.222. The summed E-state index contributed by atoms with van der Waals surface area (Å²) in [5.74, 6) is 0.620. The second kappa shape index (κ2) is 9.23. The molecule has 0 spiro atoms. The fourth-order valence-electron chi connectivity index (χ4n) is 2.92. The van der Waals surface area contributed by atoms with Crippen molar-refractivity contribution < 1.29 is 17.9 Å². The smallest absolute Gasteiger partial charge is 0.378 e. The highest BCUT2D eigenvalue weighted by Gasteiger charge is 2.32. The minimum atomic E-state index is -4.37. The molecule has 0 unspecified atom stereocenters. The van der Waals surface area contributed by atoms with Crippen molar-refractivity contribution in [2.75, 3.05) is 36.5 Å². The van der Waals surface area contributed by atoms with Crippen molar-refractivity contribution in [3.05, 3.63) is 41.4 Å². The van der Waals surface area contributed by atoms with Crippen molar-refractivity contribution in [1.29, 1.82) is 0 Å². The van der Waals surface area contributed by atoms with Crippen LogP contribution < -0.4 is 10.2 Å². The molecule has 3 heterocycles. The number of aromatic nitrogens is 4. The summed E-state index contributed by atoms with van der Waals surface area (Å²) in [7, 11) is 0. The first-order valence-electron chi connectivity index (χ1n) is 9.20. The second-order valence-electron chi connectivity index (χ2n) is 6.51. The number of anilines is 3. The number of ether oxygens (including phenoxy) is 1. The number of nitrogens with zero attached hydrogens (tertiary/aromatic N) is 5. The van der Waals surface area contributed by atoms with E-state index in [1.54, 1.807) is 4.90 Å². The molecular formula is C18H19F3N6OS2. The van der Waals surface area contributed by atoms with E-state index in [1.807, 2.05) is 35.7 Å². The predicted molar refractivity (Wildman–Crippen MR) is 111 cm³/mol. The van der Waals surface area contributed by atoms with Gasteiger partial charge in [-0.2, -0.15) is 13.2 Å². The lowest BCUT2D eigenvalue weighted by molar-refractivity contribution is -0.141. The maximum atomic E-state index is 13.2. The zero-order valence-electron chi connectivity index (χ0n) is 15.8. The molecule has 12 heteroatoms. The number of benzene rings is 1. The van der Waals surface area contributed by atoms with Gasteiger partial charge in [-0.05, 0) is 12.1 Å². The zero-order chi connectivity index (χ0) is 21.0. The molecule has 1 N–H and O–H groups in total. The number of morpholine rings is 1. The predicted octanol–water partition coefficient (Wildman–Crippen LogP) is 4.17. The van der Waals surface area contributed by atoms with Crippen LogP contribution in [0.15, 0.2) is 40.9 Å². The SMILES string of the molecule is FC(F)(F)Cn1c(SCc2csc(Nc3ccccc3)n2)nnc1N1CCOCC1. The number of para-hydroxylation sites is 1. The monoisotopic (exact) mass is 456 g/mol. The molecule has 7 nitrogen and oxygen atoms in total. The second-order valence-corrected chi connectivity index (χ2v) is 8.31. The van der Waals surface area contributed by atoms with Gasteiger partial charge in [-0.3, -0.25) is 4.57 Å². The Balaban J connectivity index is 1.45. The summed E-state index contributed by atoms with van der Waals surface area (Å²) in [4.78, 5) is 6.28. The molecule has 1 fully saturated rings. The van der Waals surface area contributed by atoms with Gasteiger partial charge < -0.3 is 15.0 Å². The van der Waals surface area contributed by atoms with E-state index in [2.05, 4.69) is 20.5 Å². The highest BCUT2D eigenvalue weighted by Crippen LogP contribution is 2.30. The third kappa shape index (κ3) is 5.43. The topological polar surface area (TPSA) is 68.1 Å². The molecule has 1 aliphatic heterocycles. The third-order valence-corrected chi connectivity index (χ3v) is 6.06. The van der Waals surface area contributed by atoms with E-state index in [0.717, 1.165) is 21.1 Å². The van der Waals surface area contributed by atoms with E-state index in [1.165, 1.54) is 23.1 Å². The number of thioether (sulfide) groups is 1. The van der Waals surface area contributed by atoms with Crippen LogP contribution in [0.25, 0.3) is 0 Å². The minimum Gasteiger partial charge on any atom is -0.378 e. The normalized spacial score (nSPS) is 14.8. The van der Waals surface area contributed by atoms with E-state index in [0.29, 0.717) is 32.1 Å². The third-order valence-electron chi connectivity index (χ3n) is 4.25. The molecule has 0 amide bonds. The maximum absolute atomic E-state index is 13.2. The van der Waals surface area contributed by atoms with Gasteiger partial charge in [0.05, 0.1) is 18.9 Å². The molecule has 0 bridgehead atoms. The molecule has 1 saturated heterocycles. The average Bonchev–Trinajstić information content (AvgIpc) is 3.33. The van der Waals surface area contributed by atoms with Gasteiger partial charge in [-0.25, -0.2) is 4.98 Å². The summed E-state index contributed by atoms with van der Waals surface area (Å²) >= 11 is 2.63. The first kappa shape index (κ1) is 20.9. The van der Waals surface area contributed by atoms with Gasteiger partial charge in [0.1, 0.15) is 6.54 Å². The molecule has 0 saturated carbocycles. The fourth-order valence-corrected chi connectivity index (χ4v) is 4.58. The Labute approximate surface area is 179 Å². The van der Waals surface area contributed by atoms with Crippen molar-refractivity contribution >= 4 is 39.9 Å². The van der Waals surface area contributed by atoms with Gasteiger partial charge in [0, 0.05) is 29.9 Å². The largest absolute Gasteiger partial charge is 0.406 e. The van der Waals surface area contributed by atoms with Crippen LogP contribution in [0.3, 0.4) is 0 Å². The summed E-state index contributed by atoms with van der Waals surface area (Å²) in [6, 6.07) is 9.64. The van der Waals surface area contributed by atoms with E-state index in [4.69, 9.17) is 4.74 Å². The Morgan fingerprint density at radius 2 is 1.90 bits per heavy atom. The highest BCUT2D eigenvalue weighted by atomic mass is 32.2. The van der Waals surface area contributed by atoms with Crippen molar-refractivity contribution in [1.82, 2.24) is 19.7 Å². The van der Waals surface area contributed by atoms with Gasteiger partial charge in [-0.15, -0.1) is 21.5 Å². The average molecular weight is 457 g/mol. The summed E-state index contributed by atoms with van der Waals surface area (Å²) < 4.78 is 45.9. The molecule has 1 aromatic carbocycles. The summed E-state index contributed by atoms with van der Waals surface area (Å²) in [6.45, 7) is 0.754. The molecule has 0 aliphatic carbocycles. The first-order chi connectivity index (χ1) is 14.5. The molecule has 160 valence electrons. The molecule has 4 rings (SSSR count). The van der Waals surface area contributed by atoms with Crippen LogP contribution in [0, 0.1) is 0 Å². The zero-order valence-corrected chi connectivity index (χ0v) is 17.4. The number of rotatable bonds is 7. The van der Waals surface area contributed by atoms with Crippen LogP contribution in [0.5, 0.6) is 0 Å². The van der Waals surface area contributed by atoms with Crippen molar-refractivity contribution in [2.45, 2.75) is 23.6 Å². The lowest BCUT2D eigenvalue weighted by Gasteiger charge is -2.28. The molecular weight excluding hydrogens is 437 g/mol. The molecule has 30 heavy (non-hydrogen) atoms. The van der Waals surface area contributed by atoms with Gasteiger partial charge in [0.2, 0.25) is 5.95 Å². The van der Waals surface area contributed by atoms with Gasteiger partial charge >= 0.3 is 6.18 Å². The lowest BCUT2D eigenvalue weighted by Crippen LogP contribution is -2.38. The summed E-state index contributed by atoms with van der Waals surface area (Å²) in [5.41, 5.74) is 1.68. The number of hydrogen-bond donors (Lipinski definition) is 1. The first-order valence-corrected chi connectivity index (χ1v) is 11.1. The van der Waals surface area contributed by atoms with Crippen molar-refractivity contribution in [3.8, 4) is 0 Å². The fraction of sp³-hybridized carbons (Fsp3) is 0.389. The van der Waals surface area contributed by atoms with Gasteiger partial charge in [-0.1, -0.05) is 30.0 Å². The molecule has 0 radical (unpaired) electrons. The van der Waals surface area contributed by atoms with Crippen molar-refractivity contribution in [2.24, 2.45) is 0 Å². The number of hydrogen-bond acceptors (Lipinski definition) is 8. The van der Waals surface area contributed by atoms with E-state index >= 15 is 0 Å². The quantitative estimate of drug-likeness (QED) is 0.535. The number of thiazole rings is 1. The molecule has 3 aromatic rings. The van der Waals surface area contributed by atoms with Gasteiger partial charge in [0.15, 0.2) is 10.3 Å². The van der Waals surface area contributed by atoms with E-state index in [-0.39, 0.29) is 11.1 Å². The molecule has 2 aromatic heterocycles. The van der Waals surface area contributed by atoms with E-state index < -0.39 is 12.7 Å².